The normalized spacial score (nSPS) is 17.8. The quantitative estimate of drug-likeness (QED) is 0.710. The van der Waals surface area contributed by atoms with E-state index in [-0.39, 0.29) is 16.7 Å². The Morgan fingerprint density at radius 1 is 0.957 bits per heavy atom. The lowest BCUT2D eigenvalue weighted by atomic mass is 10.0. The molecule has 1 fully saturated rings. The fourth-order valence-corrected chi connectivity index (χ4v) is 3.76. The van der Waals surface area contributed by atoms with E-state index >= 15 is 0 Å². The lowest BCUT2D eigenvalue weighted by molar-refractivity contribution is -0.118. The van der Waals surface area contributed by atoms with Crippen molar-refractivity contribution < 1.29 is 9.59 Å². The Morgan fingerprint density at radius 2 is 1.74 bits per heavy atom. The van der Waals surface area contributed by atoms with Crippen LogP contribution in [0.25, 0.3) is 21.7 Å². The zero-order valence-corrected chi connectivity index (χ0v) is 12.8. The molecular weight excluding hydrogens is 312 g/mol. The van der Waals surface area contributed by atoms with Crippen LogP contribution in [0.4, 0.5) is 4.79 Å². The van der Waals surface area contributed by atoms with Gasteiger partial charge in [0.1, 0.15) is 0 Å². The molecule has 0 spiro atoms. The number of fused-ring (bicyclic) bond motifs is 3. The van der Waals surface area contributed by atoms with E-state index in [0.717, 1.165) is 33.6 Å². The van der Waals surface area contributed by atoms with E-state index in [9.17, 15) is 14.4 Å². The molecule has 1 unspecified atom stereocenters. The summed E-state index contributed by atoms with van der Waals surface area (Å²) in [7, 11) is 0. The van der Waals surface area contributed by atoms with Crippen molar-refractivity contribution in [2.75, 3.05) is 0 Å². The molecule has 2 aromatic carbocycles. The average Bonchev–Trinajstić information content (AvgIpc) is 2.86. The Balaban J connectivity index is 1.83. The fourth-order valence-electron chi connectivity index (χ4n) is 2.90. The molecule has 23 heavy (non-hydrogen) atoms. The molecule has 1 aromatic heterocycles. The second-order valence-corrected chi connectivity index (χ2v) is 6.64. The second-order valence-electron chi connectivity index (χ2n) is 5.47. The van der Waals surface area contributed by atoms with Gasteiger partial charge in [-0.3, -0.25) is 19.7 Å². The number of benzene rings is 2. The summed E-state index contributed by atoms with van der Waals surface area (Å²) in [4.78, 5) is 37.9. The van der Waals surface area contributed by atoms with Gasteiger partial charge in [0.05, 0.1) is 5.25 Å². The number of carbonyl (C=O) groups excluding carboxylic acids is 2. The molecule has 1 saturated heterocycles. The molecule has 4 rings (SSSR count). The first kappa shape index (κ1) is 14.0. The van der Waals surface area contributed by atoms with Crippen LogP contribution in [-0.2, 0) is 11.2 Å². The van der Waals surface area contributed by atoms with Gasteiger partial charge in [-0.2, -0.15) is 0 Å². The minimum Gasteiger partial charge on any atom is -0.321 e. The Bertz CT molecular complexity index is 1030. The lowest BCUT2D eigenvalue weighted by Crippen LogP contribution is -2.25. The second kappa shape index (κ2) is 5.24. The Labute approximate surface area is 135 Å². The standard InChI is InChI=1S/C17H12N2O3S/c20-15-11-4-2-1-3-10(11)12-7-9(5-6-13(12)18-15)8-14-16(21)19-17(22)23-14/h1-7,14H,8H2,(H,18,20)(H,19,21,22). The molecule has 0 aliphatic carbocycles. The first-order chi connectivity index (χ1) is 11.1. The number of pyridine rings is 1. The number of amides is 2. The van der Waals surface area contributed by atoms with Crippen LogP contribution in [0.5, 0.6) is 0 Å². The van der Waals surface area contributed by atoms with Crippen molar-refractivity contribution in [2.45, 2.75) is 11.7 Å². The van der Waals surface area contributed by atoms with E-state index in [4.69, 9.17) is 0 Å². The zero-order valence-electron chi connectivity index (χ0n) is 12.0. The highest BCUT2D eigenvalue weighted by Crippen LogP contribution is 2.26. The van der Waals surface area contributed by atoms with Crippen molar-refractivity contribution in [3.63, 3.8) is 0 Å². The SMILES string of the molecule is O=C1NC(=O)C(Cc2ccc3[nH]c(=O)c4ccccc4c3c2)S1. The van der Waals surface area contributed by atoms with Crippen LogP contribution < -0.4 is 10.9 Å². The molecule has 0 saturated carbocycles. The van der Waals surface area contributed by atoms with E-state index in [1.165, 1.54) is 0 Å². The monoisotopic (exact) mass is 324 g/mol. The van der Waals surface area contributed by atoms with Crippen LogP contribution in [0.15, 0.2) is 47.3 Å². The van der Waals surface area contributed by atoms with Crippen molar-refractivity contribution in [3.8, 4) is 0 Å². The molecule has 2 amide bonds. The third-order valence-corrected chi connectivity index (χ3v) is 4.96. The Hall–Kier alpha value is -2.60. The predicted octanol–water partition coefficient (Wildman–Crippen LogP) is 2.58. The maximum Gasteiger partial charge on any atom is 0.286 e. The summed E-state index contributed by atoms with van der Waals surface area (Å²) in [6.45, 7) is 0. The topological polar surface area (TPSA) is 79.0 Å². The van der Waals surface area contributed by atoms with Gasteiger partial charge in [0.15, 0.2) is 0 Å². The minimum atomic E-state index is -0.394. The first-order valence-electron chi connectivity index (χ1n) is 7.17. The maximum absolute atomic E-state index is 12.1. The largest absolute Gasteiger partial charge is 0.321 e. The van der Waals surface area contributed by atoms with Gasteiger partial charge in [-0.05, 0) is 35.6 Å². The van der Waals surface area contributed by atoms with Gasteiger partial charge in [0.25, 0.3) is 10.8 Å². The van der Waals surface area contributed by atoms with Gasteiger partial charge in [0.2, 0.25) is 5.91 Å². The molecule has 1 atom stereocenters. The molecule has 3 aromatic rings. The Kier molecular flexibility index (Phi) is 3.20. The van der Waals surface area contributed by atoms with Crippen molar-refractivity contribution in [3.05, 3.63) is 58.4 Å². The van der Waals surface area contributed by atoms with Crippen molar-refractivity contribution in [1.82, 2.24) is 10.3 Å². The predicted molar refractivity (Wildman–Crippen MR) is 90.7 cm³/mol. The van der Waals surface area contributed by atoms with Crippen LogP contribution in [0.2, 0.25) is 0 Å². The van der Waals surface area contributed by atoms with E-state index in [2.05, 4.69) is 10.3 Å². The third-order valence-electron chi connectivity index (χ3n) is 3.98. The lowest BCUT2D eigenvalue weighted by Gasteiger charge is -2.08. The third kappa shape index (κ3) is 2.41. The number of hydrogen-bond acceptors (Lipinski definition) is 4. The molecule has 2 N–H and O–H groups in total. The van der Waals surface area contributed by atoms with Crippen LogP contribution in [0.3, 0.4) is 0 Å². The number of aromatic nitrogens is 1. The number of carbonyl (C=O) groups is 2. The summed E-state index contributed by atoms with van der Waals surface area (Å²) in [6.07, 6.45) is 0.478. The molecular formula is C17H12N2O3S. The molecule has 6 heteroatoms. The van der Waals surface area contributed by atoms with Crippen molar-refractivity contribution in [2.24, 2.45) is 0 Å². The highest BCUT2D eigenvalue weighted by molar-refractivity contribution is 8.15. The van der Waals surface area contributed by atoms with Gasteiger partial charge < -0.3 is 4.98 Å². The molecule has 0 bridgehead atoms. The first-order valence-corrected chi connectivity index (χ1v) is 8.05. The number of thioether (sulfide) groups is 1. The number of rotatable bonds is 2. The summed E-state index contributed by atoms with van der Waals surface area (Å²) in [5.41, 5.74) is 1.60. The molecule has 2 heterocycles. The summed E-state index contributed by atoms with van der Waals surface area (Å²) in [5.74, 6) is -0.244. The van der Waals surface area contributed by atoms with Crippen molar-refractivity contribution in [1.29, 1.82) is 0 Å². The summed E-state index contributed by atoms with van der Waals surface area (Å²) in [6, 6.07) is 13.1. The number of H-pyrrole nitrogens is 1. The average molecular weight is 324 g/mol. The smallest absolute Gasteiger partial charge is 0.286 e. The number of nitrogens with one attached hydrogen (secondary N) is 2. The molecule has 1 aliphatic rings. The highest BCUT2D eigenvalue weighted by atomic mass is 32.2. The minimum absolute atomic E-state index is 0.114. The van der Waals surface area contributed by atoms with E-state index in [1.807, 2.05) is 36.4 Å². The van der Waals surface area contributed by atoms with Crippen LogP contribution in [0.1, 0.15) is 5.56 Å². The number of aromatic amines is 1. The summed E-state index contributed by atoms with van der Waals surface area (Å²) < 4.78 is 0. The summed E-state index contributed by atoms with van der Waals surface area (Å²) >= 11 is 1.02. The molecule has 0 radical (unpaired) electrons. The maximum atomic E-state index is 12.1. The Morgan fingerprint density at radius 3 is 2.48 bits per heavy atom. The van der Waals surface area contributed by atoms with E-state index in [0.29, 0.717) is 11.8 Å². The van der Waals surface area contributed by atoms with Gasteiger partial charge >= 0.3 is 0 Å². The van der Waals surface area contributed by atoms with E-state index < -0.39 is 5.25 Å². The van der Waals surface area contributed by atoms with Crippen LogP contribution in [-0.4, -0.2) is 21.4 Å². The number of imide groups is 1. The van der Waals surface area contributed by atoms with Gasteiger partial charge in [0, 0.05) is 16.3 Å². The van der Waals surface area contributed by atoms with Gasteiger partial charge in [-0.1, -0.05) is 36.0 Å². The fraction of sp³-hybridized carbons (Fsp3) is 0.118. The molecule has 5 nitrogen and oxygen atoms in total. The zero-order chi connectivity index (χ0) is 16.0. The van der Waals surface area contributed by atoms with Gasteiger partial charge in [-0.15, -0.1) is 0 Å². The van der Waals surface area contributed by atoms with Gasteiger partial charge in [-0.25, -0.2) is 0 Å². The van der Waals surface area contributed by atoms with Crippen LogP contribution >= 0.6 is 11.8 Å². The highest BCUT2D eigenvalue weighted by Gasteiger charge is 2.31. The van der Waals surface area contributed by atoms with E-state index in [1.54, 1.807) is 6.07 Å². The summed E-state index contributed by atoms with van der Waals surface area (Å²) in [5, 5.41) is 4.07. The number of hydrogen-bond donors (Lipinski definition) is 2. The van der Waals surface area contributed by atoms with Crippen molar-refractivity contribution >= 4 is 44.6 Å². The van der Waals surface area contributed by atoms with Crippen LogP contribution in [0, 0.1) is 0 Å². The molecule has 114 valence electrons. The molecule has 1 aliphatic heterocycles.